The monoisotopic (exact) mass is 253 g/mol. The summed E-state index contributed by atoms with van der Waals surface area (Å²) in [6.45, 7) is 9.96. The van der Waals surface area contributed by atoms with Crippen LogP contribution in [0.3, 0.4) is 0 Å². The van der Waals surface area contributed by atoms with Gasteiger partial charge in [-0.15, -0.1) is 0 Å². The molecule has 18 heavy (non-hydrogen) atoms. The van der Waals surface area contributed by atoms with E-state index < -0.39 is 5.60 Å². The summed E-state index contributed by atoms with van der Waals surface area (Å²) in [6, 6.07) is 0.462. The second kappa shape index (κ2) is 6.26. The lowest BCUT2D eigenvalue weighted by molar-refractivity contribution is 0.00359. The van der Waals surface area contributed by atoms with E-state index in [9.17, 15) is 4.79 Å². The average molecular weight is 253 g/mol. The van der Waals surface area contributed by atoms with Crippen LogP contribution < -0.4 is 0 Å². The predicted octanol–water partition coefficient (Wildman–Crippen LogP) is 4.13. The summed E-state index contributed by atoms with van der Waals surface area (Å²) in [4.78, 5) is 14.2. The van der Waals surface area contributed by atoms with Crippen molar-refractivity contribution >= 4 is 6.09 Å². The molecule has 1 rings (SSSR count). The molecule has 0 aromatic rings. The minimum atomic E-state index is -0.423. The normalized spacial score (nSPS) is 25.5. The van der Waals surface area contributed by atoms with Crippen LogP contribution in [0.15, 0.2) is 12.2 Å². The molecule has 0 N–H and O–H groups in total. The van der Waals surface area contributed by atoms with Crippen LogP contribution in [0.5, 0.6) is 0 Å². The molecule has 104 valence electrons. The van der Waals surface area contributed by atoms with Gasteiger partial charge in [-0.2, -0.15) is 0 Å². The first-order chi connectivity index (χ1) is 8.35. The smallest absolute Gasteiger partial charge is 0.411 e. The number of carbonyl (C=O) groups is 1. The summed E-state index contributed by atoms with van der Waals surface area (Å²) in [7, 11) is 0. The first kappa shape index (κ1) is 15.1. The summed E-state index contributed by atoms with van der Waals surface area (Å²) in [6.07, 6.45) is 8.40. The van der Waals surface area contributed by atoms with E-state index in [-0.39, 0.29) is 18.2 Å². The van der Waals surface area contributed by atoms with Gasteiger partial charge < -0.3 is 4.74 Å². The summed E-state index contributed by atoms with van der Waals surface area (Å²) in [5, 5.41) is 0. The SMILES string of the molecule is CCC=C[C@@H]1CCC[C@@H](C)N1C(=O)OC(C)(C)C. The van der Waals surface area contributed by atoms with Gasteiger partial charge in [-0.3, -0.25) is 4.90 Å². The standard InChI is InChI=1S/C15H27NO2/c1-6-7-10-13-11-8-9-12(2)16(13)14(17)18-15(3,4)5/h7,10,12-13H,6,8-9,11H2,1-5H3/t12-,13-/m1/s1. The van der Waals surface area contributed by atoms with Gasteiger partial charge in [0.05, 0.1) is 6.04 Å². The lowest BCUT2D eigenvalue weighted by Crippen LogP contribution is -2.49. The van der Waals surface area contributed by atoms with E-state index >= 15 is 0 Å². The molecule has 0 spiro atoms. The Morgan fingerprint density at radius 3 is 2.61 bits per heavy atom. The Morgan fingerprint density at radius 2 is 2.06 bits per heavy atom. The molecule has 2 atom stereocenters. The zero-order chi connectivity index (χ0) is 13.8. The first-order valence-corrected chi connectivity index (χ1v) is 7.03. The fourth-order valence-corrected chi connectivity index (χ4v) is 2.34. The Hall–Kier alpha value is -0.990. The molecule has 1 heterocycles. The zero-order valence-corrected chi connectivity index (χ0v) is 12.4. The molecule has 0 unspecified atom stereocenters. The molecule has 1 aliphatic heterocycles. The van der Waals surface area contributed by atoms with E-state index in [1.54, 1.807) is 0 Å². The second-order valence-corrected chi connectivity index (χ2v) is 6.07. The molecule has 1 saturated heterocycles. The number of piperidine rings is 1. The van der Waals surface area contributed by atoms with Gasteiger partial charge in [-0.25, -0.2) is 4.79 Å². The van der Waals surface area contributed by atoms with E-state index in [0.717, 1.165) is 19.3 Å². The molecule has 1 amide bonds. The van der Waals surface area contributed by atoms with Crippen molar-refractivity contribution in [1.29, 1.82) is 0 Å². The van der Waals surface area contributed by atoms with E-state index in [1.165, 1.54) is 6.42 Å². The molecule has 0 saturated carbocycles. The topological polar surface area (TPSA) is 29.5 Å². The van der Waals surface area contributed by atoms with Crippen LogP contribution in [0, 0.1) is 0 Å². The Labute approximate surface area is 111 Å². The van der Waals surface area contributed by atoms with Crippen LogP contribution in [0.2, 0.25) is 0 Å². The van der Waals surface area contributed by atoms with Crippen molar-refractivity contribution in [3.63, 3.8) is 0 Å². The molecule has 0 aliphatic carbocycles. The van der Waals surface area contributed by atoms with E-state index in [4.69, 9.17) is 4.74 Å². The maximum Gasteiger partial charge on any atom is 0.411 e. The summed E-state index contributed by atoms with van der Waals surface area (Å²) in [5.74, 6) is 0. The van der Waals surface area contributed by atoms with Gasteiger partial charge in [0.25, 0.3) is 0 Å². The maximum absolute atomic E-state index is 12.3. The molecule has 3 heteroatoms. The fourth-order valence-electron chi connectivity index (χ4n) is 2.34. The highest BCUT2D eigenvalue weighted by Gasteiger charge is 2.33. The molecule has 0 aromatic carbocycles. The van der Waals surface area contributed by atoms with Gasteiger partial charge in [0.1, 0.15) is 5.60 Å². The molecule has 3 nitrogen and oxygen atoms in total. The van der Waals surface area contributed by atoms with Gasteiger partial charge in [0.2, 0.25) is 0 Å². The van der Waals surface area contributed by atoms with Crippen molar-refractivity contribution in [3.8, 4) is 0 Å². The van der Waals surface area contributed by atoms with Crippen LogP contribution in [-0.4, -0.2) is 28.7 Å². The fraction of sp³-hybridized carbons (Fsp3) is 0.800. The number of hydrogen-bond donors (Lipinski definition) is 0. The number of hydrogen-bond acceptors (Lipinski definition) is 2. The van der Waals surface area contributed by atoms with Crippen LogP contribution in [0.4, 0.5) is 4.79 Å². The van der Waals surface area contributed by atoms with E-state index in [2.05, 4.69) is 26.0 Å². The quantitative estimate of drug-likeness (QED) is 0.692. The highest BCUT2D eigenvalue weighted by atomic mass is 16.6. The van der Waals surface area contributed by atoms with Gasteiger partial charge >= 0.3 is 6.09 Å². The van der Waals surface area contributed by atoms with Crippen LogP contribution in [-0.2, 0) is 4.74 Å². The van der Waals surface area contributed by atoms with Crippen LogP contribution in [0.1, 0.15) is 60.3 Å². The molecular formula is C15H27NO2. The number of allylic oxidation sites excluding steroid dienone is 1. The Balaban J connectivity index is 2.77. The largest absolute Gasteiger partial charge is 0.444 e. The number of rotatable bonds is 2. The third-order valence-electron chi connectivity index (χ3n) is 3.15. The van der Waals surface area contributed by atoms with Gasteiger partial charge in [-0.1, -0.05) is 19.1 Å². The number of amides is 1. The van der Waals surface area contributed by atoms with Crippen LogP contribution in [0.25, 0.3) is 0 Å². The van der Waals surface area contributed by atoms with Crippen molar-refractivity contribution in [1.82, 2.24) is 4.90 Å². The van der Waals surface area contributed by atoms with Crippen molar-refractivity contribution in [3.05, 3.63) is 12.2 Å². The van der Waals surface area contributed by atoms with Gasteiger partial charge in [-0.05, 0) is 53.4 Å². The Bertz CT molecular complexity index is 304. The van der Waals surface area contributed by atoms with Crippen molar-refractivity contribution < 1.29 is 9.53 Å². The molecule has 0 aromatic heterocycles. The maximum atomic E-state index is 12.3. The van der Waals surface area contributed by atoms with Gasteiger partial charge in [0.15, 0.2) is 0 Å². The molecule has 0 bridgehead atoms. The first-order valence-electron chi connectivity index (χ1n) is 7.03. The molecular weight excluding hydrogens is 226 g/mol. The number of nitrogens with zero attached hydrogens (tertiary/aromatic N) is 1. The van der Waals surface area contributed by atoms with E-state index in [0.29, 0.717) is 0 Å². The minimum absolute atomic E-state index is 0.180. The lowest BCUT2D eigenvalue weighted by Gasteiger charge is -2.40. The van der Waals surface area contributed by atoms with Crippen LogP contribution >= 0.6 is 0 Å². The van der Waals surface area contributed by atoms with Crippen molar-refractivity contribution in [2.45, 2.75) is 78.0 Å². The minimum Gasteiger partial charge on any atom is -0.444 e. The lowest BCUT2D eigenvalue weighted by atomic mass is 9.96. The van der Waals surface area contributed by atoms with E-state index in [1.807, 2.05) is 25.7 Å². The highest BCUT2D eigenvalue weighted by molar-refractivity contribution is 5.69. The summed E-state index contributed by atoms with van der Waals surface area (Å²) < 4.78 is 5.51. The number of likely N-dealkylation sites (tertiary alicyclic amines) is 1. The van der Waals surface area contributed by atoms with Crippen molar-refractivity contribution in [2.24, 2.45) is 0 Å². The molecule has 1 aliphatic rings. The second-order valence-electron chi connectivity index (χ2n) is 6.07. The average Bonchev–Trinajstić information content (AvgIpc) is 2.23. The summed E-state index contributed by atoms with van der Waals surface area (Å²) >= 11 is 0. The Kier molecular flexibility index (Phi) is 5.24. The highest BCUT2D eigenvalue weighted by Crippen LogP contribution is 2.26. The molecule has 1 fully saturated rings. The zero-order valence-electron chi connectivity index (χ0n) is 12.4. The Morgan fingerprint density at radius 1 is 1.39 bits per heavy atom. The van der Waals surface area contributed by atoms with Crippen molar-refractivity contribution in [2.75, 3.05) is 0 Å². The summed E-state index contributed by atoms with van der Waals surface area (Å²) in [5.41, 5.74) is -0.423. The van der Waals surface area contributed by atoms with Gasteiger partial charge in [0, 0.05) is 6.04 Å². The number of ether oxygens (including phenoxy) is 1. The third kappa shape index (κ3) is 4.35. The molecule has 0 radical (unpaired) electrons. The number of carbonyl (C=O) groups excluding carboxylic acids is 1. The predicted molar refractivity (Wildman–Crippen MR) is 74.6 cm³/mol. The third-order valence-corrected chi connectivity index (χ3v) is 3.15.